The van der Waals surface area contributed by atoms with Gasteiger partial charge >= 0.3 is 5.71 Å². The van der Waals surface area contributed by atoms with E-state index in [1.165, 1.54) is 11.1 Å². The zero-order chi connectivity index (χ0) is 20.7. The lowest BCUT2D eigenvalue weighted by atomic mass is 9.85. The largest absolute Gasteiger partial charge is 0.361 e. The highest BCUT2D eigenvalue weighted by Crippen LogP contribution is 2.38. The number of halogens is 4. The summed E-state index contributed by atoms with van der Waals surface area (Å²) in [4.78, 5) is 3.65. The van der Waals surface area contributed by atoms with Crippen LogP contribution in [0.2, 0.25) is 0 Å². The molecule has 2 rings (SSSR count). The summed E-state index contributed by atoms with van der Waals surface area (Å²) in [5.74, 6) is 0. The zero-order valence-corrected chi connectivity index (χ0v) is 22.6. The predicted molar refractivity (Wildman–Crippen MR) is 128 cm³/mol. The van der Waals surface area contributed by atoms with E-state index in [-0.39, 0.29) is 10.8 Å². The third-order valence-electron chi connectivity index (χ3n) is 4.39. The minimum Gasteiger partial charge on any atom is -0.361 e. The van der Waals surface area contributed by atoms with Crippen LogP contribution in [-0.4, -0.2) is 10.5 Å². The van der Waals surface area contributed by atoms with Crippen molar-refractivity contribution in [1.29, 1.82) is 0 Å². The molecule has 0 aliphatic heterocycles. The summed E-state index contributed by atoms with van der Waals surface area (Å²) in [6.45, 7) is 13.0. The number of benzene rings is 2. The number of rotatable bonds is 2. The Kier molecular flexibility index (Phi) is 7.02. The van der Waals surface area contributed by atoms with E-state index < -0.39 is 0 Å². The summed E-state index contributed by atoms with van der Waals surface area (Å²) in [5.41, 5.74) is 14.4. The van der Waals surface area contributed by atoms with E-state index in [1.54, 1.807) is 0 Å². The lowest BCUT2D eigenvalue weighted by Crippen LogP contribution is -2.15. The molecular weight excluding hydrogens is 600 g/mol. The summed E-state index contributed by atoms with van der Waals surface area (Å²) in [5, 5.41) is 0. The molecule has 0 aliphatic carbocycles. The second-order valence-corrected chi connectivity index (χ2v) is 12.0. The molecule has 6 heteroatoms. The van der Waals surface area contributed by atoms with Crippen LogP contribution in [0.5, 0.6) is 0 Å². The third-order valence-corrected chi connectivity index (χ3v) is 6.89. The average molecular weight is 622 g/mol. The maximum atomic E-state index is 9.89. The van der Waals surface area contributed by atoms with Crippen LogP contribution >= 0.6 is 63.7 Å². The molecule has 27 heavy (non-hydrogen) atoms. The van der Waals surface area contributed by atoms with E-state index in [0.717, 1.165) is 29.0 Å². The molecule has 0 saturated heterocycles. The van der Waals surface area contributed by atoms with E-state index in [2.05, 4.69) is 134 Å². The Morgan fingerprint density at radius 3 is 1.11 bits per heavy atom. The van der Waals surface area contributed by atoms with Gasteiger partial charge in [0.2, 0.25) is 0 Å². The van der Waals surface area contributed by atoms with E-state index in [1.807, 2.05) is 0 Å². The first-order valence-corrected chi connectivity index (χ1v) is 11.7. The second-order valence-electron chi connectivity index (χ2n) is 8.58. The molecule has 2 aromatic rings. The lowest BCUT2D eigenvalue weighted by molar-refractivity contribution is -0.00301. The van der Waals surface area contributed by atoms with Crippen molar-refractivity contribution in [2.45, 2.75) is 52.4 Å². The summed E-state index contributed by atoms with van der Waals surface area (Å²) in [6.07, 6.45) is 0. The molecule has 0 aromatic heterocycles. The predicted octanol–water partition coefficient (Wildman–Crippen LogP) is 8.40. The molecule has 0 N–H and O–H groups in total. The fourth-order valence-electron chi connectivity index (χ4n) is 2.69. The van der Waals surface area contributed by atoms with Crippen LogP contribution in [0.1, 0.15) is 63.8 Å². The molecule has 0 unspecified atom stereocenters. The van der Waals surface area contributed by atoms with E-state index in [0.29, 0.717) is 5.71 Å². The van der Waals surface area contributed by atoms with E-state index in [4.69, 9.17) is 0 Å². The highest BCUT2D eigenvalue weighted by Gasteiger charge is 2.29. The Labute approximate surface area is 195 Å². The van der Waals surface area contributed by atoms with Crippen LogP contribution < -0.4 is 0 Å². The molecule has 0 bridgehead atoms. The molecular formula is C21H22Br4N2. The van der Waals surface area contributed by atoms with Gasteiger partial charge in [0.15, 0.2) is 0 Å². The van der Waals surface area contributed by atoms with Crippen LogP contribution in [0.4, 0.5) is 0 Å². The fraction of sp³-hybridized carbons (Fsp3) is 0.381. The molecule has 0 atom stereocenters. The van der Waals surface area contributed by atoms with Crippen molar-refractivity contribution >= 4 is 69.4 Å². The molecule has 0 amide bonds. The van der Waals surface area contributed by atoms with Crippen LogP contribution in [0.3, 0.4) is 0 Å². The fourth-order valence-corrected chi connectivity index (χ4v) is 5.81. The van der Waals surface area contributed by atoms with Crippen molar-refractivity contribution in [3.05, 3.63) is 69.9 Å². The first kappa shape index (κ1) is 23.0. The number of nitrogens with zero attached hydrogens (tertiary/aromatic N) is 2. The van der Waals surface area contributed by atoms with Gasteiger partial charge < -0.3 is 5.53 Å². The molecule has 0 heterocycles. The van der Waals surface area contributed by atoms with Crippen LogP contribution in [0.15, 0.2) is 42.2 Å². The SMILES string of the molecule is CC(C)(C)c1cc(Br)c(C(=[N+]=[N-])c2c(Br)cc(C(C)(C)C)cc2Br)c(Br)c1. The Morgan fingerprint density at radius 2 is 0.926 bits per heavy atom. The van der Waals surface area contributed by atoms with Gasteiger partial charge in [-0.1, -0.05) is 41.5 Å². The summed E-state index contributed by atoms with van der Waals surface area (Å²) in [6, 6.07) is 8.32. The Morgan fingerprint density at radius 1 is 0.667 bits per heavy atom. The van der Waals surface area contributed by atoms with Gasteiger partial charge in [0.1, 0.15) is 0 Å². The molecule has 0 spiro atoms. The average Bonchev–Trinajstić information content (AvgIpc) is 2.49. The van der Waals surface area contributed by atoms with Crippen molar-refractivity contribution in [2.75, 3.05) is 0 Å². The van der Waals surface area contributed by atoms with Crippen LogP contribution in [-0.2, 0) is 10.8 Å². The standard InChI is InChI=1S/C21H22Br4N2/c1-20(2,3)11-7-13(22)17(14(23)8-11)19(27-26)18-15(24)9-12(10-16(18)25)21(4,5)6/h7-10H,1-6H3. The molecule has 0 aliphatic rings. The Bertz CT molecular complexity index is 826. The monoisotopic (exact) mass is 618 g/mol. The molecule has 144 valence electrons. The summed E-state index contributed by atoms with van der Waals surface area (Å²) in [7, 11) is 0. The van der Waals surface area contributed by atoms with Crippen LogP contribution in [0, 0.1) is 0 Å². The quantitative estimate of drug-likeness (QED) is 0.183. The van der Waals surface area contributed by atoms with Gasteiger partial charge in [-0.05, 0) is 110 Å². The Hall–Kier alpha value is -0.260. The van der Waals surface area contributed by atoms with Gasteiger partial charge in [0.25, 0.3) is 0 Å². The van der Waals surface area contributed by atoms with Gasteiger partial charge in [0.05, 0.1) is 11.1 Å². The van der Waals surface area contributed by atoms with Gasteiger partial charge in [-0.15, -0.1) is 0 Å². The lowest BCUT2D eigenvalue weighted by Gasteiger charge is -2.22. The topological polar surface area (TPSA) is 36.4 Å². The van der Waals surface area contributed by atoms with Crippen molar-refractivity contribution < 1.29 is 4.79 Å². The minimum absolute atomic E-state index is 0.00954. The number of hydrogen-bond donors (Lipinski definition) is 0. The van der Waals surface area contributed by atoms with Gasteiger partial charge in [-0.25, -0.2) is 0 Å². The Balaban J connectivity index is 2.72. The van der Waals surface area contributed by atoms with E-state index >= 15 is 0 Å². The smallest absolute Gasteiger partial charge is 0.334 e. The first-order chi connectivity index (χ1) is 12.3. The normalized spacial score (nSPS) is 12.1. The zero-order valence-electron chi connectivity index (χ0n) is 16.2. The minimum atomic E-state index is 0.00954. The second kappa shape index (κ2) is 8.23. The van der Waals surface area contributed by atoms with Gasteiger partial charge in [0, 0.05) is 17.9 Å². The number of hydrogen-bond acceptors (Lipinski definition) is 0. The van der Waals surface area contributed by atoms with Crippen molar-refractivity contribution in [3.63, 3.8) is 0 Å². The summed E-state index contributed by atoms with van der Waals surface area (Å²) < 4.78 is 3.48. The third kappa shape index (κ3) is 5.02. The van der Waals surface area contributed by atoms with Crippen molar-refractivity contribution in [3.8, 4) is 0 Å². The van der Waals surface area contributed by atoms with Crippen LogP contribution in [0.25, 0.3) is 5.53 Å². The van der Waals surface area contributed by atoms with Crippen molar-refractivity contribution in [1.82, 2.24) is 0 Å². The first-order valence-electron chi connectivity index (χ1n) is 8.49. The molecule has 0 radical (unpaired) electrons. The van der Waals surface area contributed by atoms with Crippen molar-refractivity contribution in [2.24, 2.45) is 0 Å². The maximum absolute atomic E-state index is 9.89. The molecule has 2 nitrogen and oxygen atoms in total. The van der Waals surface area contributed by atoms with Gasteiger partial charge in [-0.2, -0.15) is 4.79 Å². The molecule has 0 saturated carbocycles. The van der Waals surface area contributed by atoms with E-state index in [9.17, 15) is 5.53 Å². The summed E-state index contributed by atoms with van der Waals surface area (Å²) >= 11 is 14.7. The highest BCUT2D eigenvalue weighted by molar-refractivity contribution is 9.11. The molecule has 0 fully saturated rings. The molecule has 2 aromatic carbocycles. The van der Waals surface area contributed by atoms with Gasteiger partial charge in [-0.3, -0.25) is 0 Å². The maximum Gasteiger partial charge on any atom is 0.334 e. The highest BCUT2D eigenvalue weighted by atomic mass is 79.9.